The molecule has 170 valence electrons. The number of hydrogen-bond donors (Lipinski definition) is 1. The molecule has 9 heteroatoms. The van der Waals surface area contributed by atoms with Gasteiger partial charge in [-0.25, -0.2) is 8.42 Å². The quantitative estimate of drug-likeness (QED) is 0.566. The van der Waals surface area contributed by atoms with E-state index >= 15 is 0 Å². The summed E-state index contributed by atoms with van der Waals surface area (Å²) in [6.07, 6.45) is 0. The number of carbonyl (C=O) groups is 1. The molecule has 0 fully saturated rings. The monoisotopic (exact) mass is 450 g/mol. The Hall–Kier alpha value is -2.78. The molecule has 2 rings (SSSR count). The van der Waals surface area contributed by atoms with Gasteiger partial charge < -0.3 is 19.5 Å². The van der Waals surface area contributed by atoms with Gasteiger partial charge in [-0.3, -0.25) is 4.79 Å². The van der Waals surface area contributed by atoms with E-state index in [1.54, 1.807) is 38.3 Å². The largest absolute Gasteiger partial charge is 0.494 e. The van der Waals surface area contributed by atoms with Crippen molar-refractivity contribution in [3.8, 4) is 17.2 Å². The Morgan fingerprint density at radius 2 is 1.68 bits per heavy atom. The molecule has 2 aromatic rings. The van der Waals surface area contributed by atoms with Gasteiger partial charge in [0.2, 0.25) is 15.9 Å². The third-order valence-electron chi connectivity index (χ3n) is 4.73. The summed E-state index contributed by atoms with van der Waals surface area (Å²) in [6, 6.07) is 11.2. The molecule has 2 aromatic carbocycles. The molecule has 1 atom stereocenters. The predicted octanol–water partition coefficient (Wildman–Crippen LogP) is 2.99. The zero-order valence-corrected chi connectivity index (χ0v) is 19.4. The maximum absolute atomic E-state index is 13.0. The van der Waals surface area contributed by atoms with Crippen molar-refractivity contribution in [2.45, 2.75) is 31.7 Å². The number of benzene rings is 2. The van der Waals surface area contributed by atoms with Crippen LogP contribution in [0.25, 0.3) is 0 Å². The van der Waals surface area contributed by atoms with E-state index in [4.69, 9.17) is 14.2 Å². The maximum Gasteiger partial charge on any atom is 0.243 e. The Bertz CT molecular complexity index is 976. The molecule has 0 heterocycles. The number of nitrogens with zero attached hydrogens (tertiary/aromatic N) is 1. The van der Waals surface area contributed by atoms with Crippen molar-refractivity contribution < 1.29 is 27.4 Å². The smallest absolute Gasteiger partial charge is 0.243 e. The first-order valence-electron chi connectivity index (χ1n) is 10.0. The first kappa shape index (κ1) is 24.5. The summed E-state index contributed by atoms with van der Waals surface area (Å²) in [6.45, 7) is 5.72. The average molecular weight is 451 g/mol. The van der Waals surface area contributed by atoms with E-state index in [-0.39, 0.29) is 24.0 Å². The number of likely N-dealkylation sites (N-methyl/N-ethyl adjacent to an activating group) is 1. The highest BCUT2D eigenvalue weighted by molar-refractivity contribution is 7.89. The van der Waals surface area contributed by atoms with Crippen molar-refractivity contribution in [3.63, 3.8) is 0 Å². The van der Waals surface area contributed by atoms with E-state index in [0.717, 1.165) is 9.87 Å². The van der Waals surface area contributed by atoms with Gasteiger partial charge in [0.05, 0.1) is 38.3 Å². The van der Waals surface area contributed by atoms with Crippen molar-refractivity contribution >= 4 is 15.9 Å². The number of sulfonamides is 1. The van der Waals surface area contributed by atoms with Crippen LogP contribution in [0, 0.1) is 0 Å². The van der Waals surface area contributed by atoms with Crippen LogP contribution in [0.3, 0.4) is 0 Å². The minimum absolute atomic E-state index is 0.110. The van der Waals surface area contributed by atoms with Crippen LogP contribution in [0.15, 0.2) is 47.4 Å². The predicted molar refractivity (Wildman–Crippen MR) is 118 cm³/mol. The van der Waals surface area contributed by atoms with Crippen molar-refractivity contribution in [1.82, 2.24) is 9.62 Å². The number of ether oxygens (including phenoxy) is 3. The normalized spacial score (nSPS) is 12.3. The van der Waals surface area contributed by atoms with E-state index in [1.807, 2.05) is 19.9 Å². The van der Waals surface area contributed by atoms with Gasteiger partial charge in [-0.05, 0) is 55.8 Å². The Morgan fingerprint density at radius 3 is 2.23 bits per heavy atom. The van der Waals surface area contributed by atoms with Gasteiger partial charge in [-0.2, -0.15) is 4.31 Å². The molecule has 0 aromatic heterocycles. The van der Waals surface area contributed by atoms with Gasteiger partial charge in [0.1, 0.15) is 5.75 Å². The lowest BCUT2D eigenvalue weighted by Gasteiger charge is -2.22. The lowest BCUT2D eigenvalue weighted by Crippen LogP contribution is -2.41. The fourth-order valence-corrected chi connectivity index (χ4v) is 4.45. The minimum Gasteiger partial charge on any atom is -0.494 e. The first-order valence-corrected chi connectivity index (χ1v) is 11.4. The number of rotatable bonds is 11. The lowest BCUT2D eigenvalue weighted by atomic mass is 10.1. The van der Waals surface area contributed by atoms with Gasteiger partial charge in [0, 0.05) is 6.54 Å². The van der Waals surface area contributed by atoms with Crippen LogP contribution in [0.2, 0.25) is 0 Å². The summed E-state index contributed by atoms with van der Waals surface area (Å²) < 4.78 is 42.9. The van der Waals surface area contributed by atoms with Gasteiger partial charge >= 0.3 is 0 Å². The molecule has 0 unspecified atom stereocenters. The van der Waals surface area contributed by atoms with Crippen molar-refractivity contribution in [2.75, 3.05) is 33.9 Å². The molecule has 0 aliphatic heterocycles. The summed E-state index contributed by atoms with van der Waals surface area (Å²) in [4.78, 5) is 12.7. The first-order chi connectivity index (χ1) is 14.8. The molecule has 0 saturated heterocycles. The van der Waals surface area contributed by atoms with Gasteiger partial charge in [0.25, 0.3) is 0 Å². The van der Waals surface area contributed by atoms with Crippen LogP contribution in [0.1, 0.15) is 32.4 Å². The summed E-state index contributed by atoms with van der Waals surface area (Å²) >= 11 is 0. The summed E-state index contributed by atoms with van der Waals surface area (Å²) in [5.74, 6) is 1.32. The highest BCUT2D eigenvalue weighted by Crippen LogP contribution is 2.30. The zero-order chi connectivity index (χ0) is 23.0. The van der Waals surface area contributed by atoms with Crippen LogP contribution >= 0.6 is 0 Å². The molecule has 1 N–H and O–H groups in total. The molecule has 1 amide bonds. The Morgan fingerprint density at radius 1 is 1.03 bits per heavy atom. The number of methoxy groups -OCH3 is 2. The highest BCUT2D eigenvalue weighted by atomic mass is 32.2. The average Bonchev–Trinajstić information content (AvgIpc) is 2.77. The molecular formula is C22H30N2O6S. The second kappa shape index (κ2) is 11.0. The van der Waals surface area contributed by atoms with Crippen molar-refractivity contribution in [1.29, 1.82) is 0 Å². The molecular weight excluding hydrogens is 420 g/mol. The van der Waals surface area contributed by atoms with E-state index in [9.17, 15) is 13.2 Å². The van der Waals surface area contributed by atoms with Gasteiger partial charge in [-0.15, -0.1) is 0 Å². The third-order valence-corrected chi connectivity index (χ3v) is 6.67. The molecule has 0 aliphatic rings. The molecule has 0 bridgehead atoms. The molecule has 0 saturated carbocycles. The van der Waals surface area contributed by atoms with E-state index in [1.165, 1.54) is 19.2 Å². The summed E-state index contributed by atoms with van der Waals surface area (Å²) in [5, 5.41) is 2.84. The fraction of sp³-hybridized carbons (Fsp3) is 0.409. The second-order valence-corrected chi connectivity index (χ2v) is 8.68. The van der Waals surface area contributed by atoms with Crippen LogP contribution in [-0.4, -0.2) is 52.5 Å². The summed E-state index contributed by atoms with van der Waals surface area (Å²) in [7, 11) is -0.732. The standard InChI is InChI=1S/C22H30N2O6S/c1-6-24(31(26,27)19-11-9-18(10-12-19)30-7-2)15-22(25)23-16(3)17-8-13-20(28-4)21(14-17)29-5/h8-14,16H,6-7,15H2,1-5H3,(H,23,25)/t16-/m1/s1. The van der Waals surface area contributed by atoms with Crippen LogP contribution in [0.5, 0.6) is 17.2 Å². The molecule has 31 heavy (non-hydrogen) atoms. The van der Waals surface area contributed by atoms with Crippen molar-refractivity contribution in [2.24, 2.45) is 0 Å². The number of carbonyl (C=O) groups excluding carboxylic acids is 1. The number of amides is 1. The lowest BCUT2D eigenvalue weighted by molar-refractivity contribution is -0.121. The molecule has 0 spiro atoms. The zero-order valence-electron chi connectivity index (χ0n) is 18.5. The topological polar surface area (TPSA) is 94.2 Å². The van der Waals surface area contributed by atoms with Crippen LogP contribution < -0.4 is 19.5 Å². The SMILES string of the molecule is CCOc1ccc(S(=O)(=O)N(CC)CC(=O)N[C@H](C)c2ccc(OC)c(OC)c2)cc1. The summed E-state index contributed by atoms with van der Waals surface area (Å²) in [5.41, 5.74) is 0.809. The Balaban J connectivity index is 2.09. The molecule has 0 radical (unpaired) electrons. The van der Waals surface area contributed by atoms with E-state index in [0.29, 0.717) is 23.9 Å². The fourth-order valence-electron chi connectivity index (χ4n) is 3.04. The van der Waals surface area contributed by atoms with Crippen molar-refractivity contribution in [3.05, 3.63) is 48.0 Å². The minimum atomic E-state index is -3.82. The number of hydrogen-bond acceptors (Lipinski definition) is 6. The van der Waals surface area contributed by atoms with Gasteiger partial charge in [0.15, 0.2) is 11.5 Å². The molecule has 0 aliphatic carbocycles. The highest BCUT2D eigenvalue weighted by Gasteiger charge is 2.26. The third kappa shape index (κ3) is 6.11. The maximum atomic E-state index is 13.0. The van der Waals surface area contributed by atoms with E-state index in [2.05, 4.69) is 5.32 Å². The number of nitrogens with one attached hydrogen (secondary N) is 1. The molecule has 8 nitrogen and oxygen atoms in total. The van der Waals surface area contributed by atoms with E-state index < -0.39 is 15.9 Å². The Kier molecular flexibility index (Phi) is 8.70. The van der Waals surface area contributed by atoms with Crippen LogP contribution in [0.4, 0.5) is 0 Å². The van der Waals surface area contributed by atoms with Crippen LogP contribution in [-0.2, 0) is 14.8 Å². The van der Waals surface area contributed by atoms with Gasteiger partial charge in [-0.1, -0.05) is 13.0 Å². The Labute approximate surface area is 184 Å². The second-order valence-electron chi connectivity index (χ2n) is 6.74.